The number of anilines is 1. The van der Waals surface area contributed by atoms with Crippen molar-refractivity contribution in [1.29, 1.82) is 0 Å². The molecule has 216 valence electrons. The molecule has 13 heteroatoms. The van der Waals surface area contributed by atoms with Crippen molar-refractivity contribution in [3.63, 3.8) is 0 Å². The summed E-state index contributed by atoms with van der Waals surface area (Å²) < 4.78 is 54.2. The zero-order valence-electron chi connectivity index (χ0n) is 21.3. The monoisotopic (exact) mass is 600 g/mol. The molecule has 0 amide bonds. The molecule has 1 fully saturated rings. The van der Waals surface area contributed by atoms with Crippen LogP contribution in [-0.4, -0.2) is 53.0 Å². The van der Waals surface area contributed by atoms with E-state index in [2.05, 4.69) is 15.3 Å². The molecule has 0 saturated carbocycles. The maximum Gasteiger partial charge on any atom is 0.429 e. The van der Waals surface area contributed by atoms with Crippen LogP contribution in [0.1, 0.15) is 55.0 Å². The van der Waals surface area contributed by atoms with Gasteiger partial charge in [-0.15, -0.1) is 12.4 Å². The quantitative estimate of drug-likeness (QED) is 0.391. The van der Waals surface area contributed by atoms with E-state index in [4.69, 9.17) is 26.8 Å². The summed E-state index contributed by atoms with van der Waals surface area (Å²) in [5.41, 5.74) is 7.71. The van der Waals surface area contributed by atoms with Crippen molar-refractivity contribution >= 4 is 47.1 Å². The number of nitrogens with two attached hydrogens (primary N) is 1. The molecule has 5 rings (SSSR count). The first-order chi connectivity index (χ1) is 18.5. The van der Waals surface area contributed by atoms with Gasteiger partial charge in [-0.1, -0.05) is 29.8 Å². The summed E-state index contributed by atoms with van der Waals surface area (Å²) in [4.78, 5) is 19.5. The predicted molar refractivity (Wildman–Crippen MR) is 146 cm³/mol. The number of benzene rings is 1. The van der Waals surface area contributed by atoms with Crippen LogP contribution in [0.2, 0.25) is 5.02 Å². The van der Waals surface area contributed by atoms with Crippen LogP contribution < -0.4 is 15.8 Å². The summed E-state index contributed by atoms with van der Waals surface area (Å²) in [6, 6.07) is 4.96. The number of alkyl halides is 3. The number of hydrogen-bond donors (Lipinski definition) is 3. The summed E-state index contributed by atoms with van der Waals surface area (Å²) in [7, 11) is 0. The number of nitrogen functional groups attached to an aromatic ring is 1. The molecule has 3 atom stereocenters. The van der Waals surface area contributed by atoms with Crippen LogP contribution in [0, 0.1) is 5.41 Å². The van der Waals surface area contributed by atoms with E-state index in [1.165, 1.54) is 24.3 Å². The molecular formula is C27H29Cl2F3N4O4. The minimum absolute atomic E-state index is 0. The number of rotatable bonds is 6. The molecule has 8 nitrogen and oxygen atoms in total. The minimum Gasteiger partial charge on any atom is -0.480 e. The third-order valence-corrected chi connectivity index (χ3v) is 7.74. The Balaban J connectivity index is 0.00000370. The Hall–Kier alpha value is -2.86. The minimum atomic E-state index is -4.77. The topological polar surface area (TPSA) is 120 Å². The maximum absolute atomic E-state index is 14.4. The summed E-state index contributed by atoms with van der Waals surface area (Å²) >= 11 is 6.14. The van der Waals surface area contributed by atoms with Gasteiger partial charge in [0.2, 0.25) is 17.9 Å². The Morgan fingerprint density at radius 3 is 2.67 bits per heavy atom. The van der Waals surface area contributed by atoms with Crippen LogP contribution in [-0.2, 0) is 9.53 Å². The standard InChI is InChI=1S/C27H28ClF3N4O4.ClH/c28-17-3-4-18(19(10-17)16-2-1-9-38-13-16)23(27(29,30)31)39-22-11-20(34-25(32)35-22)15-5-7-26(8-6-15)12-21(24(36)37)33-14-26;/h2-5,10-11,21,23,33H,1,6-9,12-14H2,(H,36,37)(H2,32,34,35);1H/t21-,23+,26-;/m0./s1. The highest BCUT2D eigenvalue weighted by atomic mass is 35.5. The number of aliphatic carboxylic acids is 1. The molecular weight excluding hydrogens is 572 g/mol. The fraction of sp³-hybridized carbons (Fsp3) is 0.444. The molecule has 1 aromatic heterocycles. The molecule has 1 saturated heterocycles. The Kier molecular flexibility index (Phi) is 8.99. The molecule has 2 aromatic rings. The zero-order valence-corrected chi connectivity index (χ0v) is 22.9. The van der Waals surface area contributed by atoms with Gasteiger partial charge in [0.15, 0.2) is 0 Å². The van der Waals surface area contributed by atoms with Crippen molar-refractivity contribution in [2.45, 2.75) is 50.4 Å². The lowest BCUT2D eigenvalue weighted by Crippen LogP contribution is -2.30. The Morgan fingerprint density at radius 1 is 1.25 bits per heavy atom. The molecule has 40 heavy (non-hydrogen) atoms. The van der Waals surface area contributed by atoms with E-state index < -0.39 is 24.3 Å². The highest BCUT2D eigenvalue weighted by Gasteiger charge is 2.45. The molecule has 0 bridgehead atoms. The number of aromatic nitrogens is 2. The average molecular weight is 601 g/mol. The highest BCUT2D eigenvalue weighted by Crippen LogP contribution is 2.45. The number of ether oxygens (including phenoxy) is 2. The number of nitrogens with one attached hydrogen (secondary N) is 1. The number of carbonyl (C=O) groups is 1. The lowest BCUT2D eigenvalue weighted by atomic mass is 9.73. The Morgan fingerprint density at radius 2 is 2.05 bits per heavy atom. The van der Waals surface area contributed by atoms with Gasteiger partial charge in [-0.3, -0.25) is 4.79 Å². The Labute approximate surface area is 240 Å². The second kappa shape index (κ2) is 11.9. The van der Waals surface area contributed by atoms with E-state index in [0.29, 0.717) is 67.1 Å². The molecule has 3 heterocycles. The number of nitrogens with zero attached hydrogens (tertiary/aromatic N) is 2. The molecule has 4 N–H and O–H groups in total. The summed E-state index contributed by atoms with van der Waals surface area (Å²) in [6.45, 7) is 1.25. The van der Waals surface area contributed by atoms with Gasteiger partial charge in [0.1, 0.15) is 6.04 Å². The van der Waals surface area contributed by atoms with E-state index in [-0.39, 0.29) is 41.8 Å². The van der Waals surface area contributed by atoms with Gasteiger partial charge < -0.3 is 25.6 Å². The highest BCUT2D eigenvalue weighted by molar-refractivity contribution is 6.30. The van der Waals surface area contributed by atoms with Crippen LogP contribution in [0.25, 0.3) is 11.1 Å². The van der Waals surface area contributed by atoms with E-state index >= 15 is 0 Å². The largest absolute Gasteiger partial charge is 0.480 e. The molecule has 0 unspecified atom stereocenters. The number of carboxylic acids is 1. The number of halogens is 5. The lowest BCUT2D eigenvalue weighted by Gasteiger charge is -2.32. The van der Waals surface area contributed by atoms with Crippen molar-refractivity contribution in [1.82, 2.24) is 15.3 Å². The van der Waals surface area contributed by atoms with Crippen molar-refractivity contribution in [3.8, 4) is 5.88 Å². The van der Waals surface area contributed by atoms with Gasteiger partial charge >= 0.3 is 12.1 Å². The maximum atomic E-state index is 14.4. The van der Waals surface area contributed by atoms with Gasteiger partial charge in [-0.25, -0.2) is 4.98 Å². The molecule has 0 radical (unpaired) electrons. The van der Waals surface area contributed by atoms with E-state index in [1.54, 1.807) is 0 Å². The van der Waals surface area contributed by atoms with Gasteiger partial charge in [-0.05, 0) is 66.4 Å². The van der Waals surface area contributed by atoms with E-state index in [0.717, 1.165) is 5.57 Å². The van der Waals surface area contributed by atoms with Gasteiger partial charge in [0.05, 0.1) is 18.9 Å². The van der Waals surface area contributed by atoms with Crippen molar-refractivity contribution in [3.05, 3.63) is 58.3 Å². The fourth-order valence-electron chi connectivity index (χ4n) is 5.49. The van der Waals surface area contributed by atoms with Crippen LogP contribution >= 0.6 is 24.0 Å². The molecule has 3 aliphatic rings. The SMILES string of the molecule is Cl.Nc1nc(O[C@H](c2ccc(Cl)cc2C2=CCCOC2)C(F)(F)F)cc(C2=CC[C@@]3(CC2)CN[C@H](C(=O)O)C3)n1. The second-order valence-corrected chi connectivity index (χ2v) is 10.6. The summed E-state index contributed by atoms with van der Waals surface area (Å²) in [5, 5.41) is 12.7. The van der Waals surface area contributed by atoms with Crippen LogP contribution in [0.3, 0.4) is 0 Å². The summed E-state index contributed by atoms with van der Waals surface area (Å²) in [5.74, 6) is -1.38. The first kappa shape index (κ1) is 30.1. The van der Waals surface area contributed by atoms with Gasteiger partial charge in [0.25, 0.3) is 0 Å². The Bertz CT molecular complexity index is 1340. The smallest absolute Gasteiger partial charge is 0.429 e. The molecule has 1 aromatic carbocycles. The predicted octanol–water partition coefficient (Wildman–Crippen LogP) is 5.62. The molecule has 2 aliphatic heterocycles. The summed E-state index contributed by atoms with van der Waals surface area (Å²) in [6.07, 6.45) is -0.313. The first-order valence-electron chi connectivity index (χ1n) is 12.6. The van der Waals surface area contributed by atoms with Crippen molar-refractivity contribution in [2.24, 2.45) is 5.41 Å². The lowest BCUT2D eigenvalue weighted by molar-refractivity contribution is -0.198. The molecule has 1 spiro atoms. The number of allylic oxidation sites excluding steroid dienone is 2. The van der Waals surface area contributed by atoms with Crippen LogP contribution in [0.5, 0.6) is 5.88 Å². The third kappa shape index (κ3) is 6.54. The van der Waals surface area contributed by atoms with E-state index in [9.17, 15) is 23.1 Å². The molecule has 1 aliphatic carbocycles. The van der Waals surface area contributed by atoms with E-state index in [1.807, 2.05) is 12.2 Å². The van der Waals surface area contributed by atoms with Crippen LogP contribution in [0.4, 0.5) is 19.1 Å². The van der Waals surface area contributed by atoms with Crippen LogP contribution in [0.15, 0.2) is 36.4 Å². The third-order valence-electron chi connectivity index (χ3n) is 7.50. The first-order valence-corrected chi connectivity index (χ1v) is 13.0. The second-order valence-electron chi connectivity index (χ2n) is 10.2. The van der Waals surface area contributed by atoms with Crippen molar-refractivity contribution in [2.75, 3.05) is 25.5 Å². The average Bonchev–Trinajstić information content (AvgIpc) is 3.31. The fourth-order valence-corrected chi connectivity index (χ4v) is 5.66. The van der Waals surface area contributed by atoms with Gasteiger partial charge in [0, 0.05) is 23.2 Å². The normalized spacial score (nSPS) is 23.6. The van der Waals surface area contributed by atoms with Crippen molar-refractivity contribution < 1.29 is 32.5 Å². The number of hydrogen-bond acceptors (Lipinski definition) is 7. The zero-order chi connectivity index (χ0) is 27.8. The van der Waals surface area contributed by atoms with Gasteiger partial charge in [-0.2, -0.15) is 18.2 Å². The number of carboxylic acid groups (broad SMARTS) is 1.